The van der Waals surface area contributed by atoms with E-state index in [0.29, 0.717) is 5.56 Å². The molecule has 102 valence electrons. The molecule has 1 heterocycles. The van der Waals surface area contributed by atoms with Crippen molar-refractivity contribution in [2.75, 3.05) is 6.54 Å². The number of nitrogens with zero attached hydrogens (tertiary/aromatic N) is 1. The van der Waals surface area contributed by atoms with Crippen LogP contribution in [0.1, 0.15) is 27.9 Å². The van der Waals surface area contributed by atoms with Gasteiger partial charge >= 0.3 is 5.97 Å². The number of rotatable bonds is 2. The van der Waals surface area contributed by atoms with Crippen LogP contribution in [-0.2, 0) is 4.79 Å². The molecular weight excluding hydrogens is 246 g/mol. The number of aliphatic hydroxyl groups excluding tert-OH is 1. The number of likely N-dealkylation sites (tertiary alicyclic amines) is 1. The van der Waals surface area contributed by atoms with Gasteiger partial charge in [-0.15, -0.1) is 0 Å². The van der Waals surface area contributed by atoms with Crippen LogP contribution in [0, 0.1) is 13.8 Å². The van der Waals surface area contributed by atoms with Gasteiger partial charge < -0.3 is 15.1 Å². The van der Waals surface area contributed by atoms with Crippen molar-refractivity contribution in [3.63, 3.8) is 0 Å². The first-order chi connectivity index (χ1) is 8.91. The summed E-state index contributed by atoms with van der Waals surface area (Å²) in [5, 5.41) is 18.7. The first-order valence-electron chi connectivity index (χ1n) is 6.20. The van der Waals surface area contributed by atoms with Gasteiger partial charge in [0.15, 0.2) is 0 Å². The van der Waals surface area contributed by atoms with Crippen molar-refractivity contribution in [3.8, 4) is 0 Å². The zero-order valence-electron chi connectivity index (χ0n) is 11.0. The predicted octanol–water partition coefficient (Wildman–Crippen LogP) is 0.963. The number of hydrogen-bond donors (Lipinski definition) is 2. The van der Waals surface area contributed by atoms with Crippen LogP contribution in [0.2, 0.25) is 0 Å². The number of aliphatic carboxylic acids is 1. The fourth-order valence-corrected chi connectivity index (χ4v) is 2.41. The van der Waals surface area contributed by atoms with Gasteiger partial charge in [-0.25, -0.2) is 4.79 Å². The maximum atomic E-state index is 12.4. The van der Waals surface area contributed by atoms with E-state index in [1.807, 2.05) is 19.9 Å². The molecule has 0 radical (unpaired) electrons. The summed E-state index contributed by atoms with van der Waals surface area (Å²) < 4.78 is 0. The third-order valence-electron chi connectivity index (χ3n) is 3.66. The molecule has 0 spiro atoms. The normalized spacial score (nSPS) is 22.6. The first-order valence-corrected chi connectivity index (χ1v) is 6.20. The van der Waals surface area contributed by atoms with Gasteiger partial charge in [-0.3, -0.25) is 4.79 Å². The van der Waals surface area contributed by atoms with Crippen molar-refractivity contribution in [3.05, 3.63) is 34.9 Å². The predicted molar refractivity (Wildman–Crippen MR) is 69.0 cm³/mol. The summed E-state index contributed by atoms with van der Waals surface area (Å²) in [5.74, 6) is -1.40. The average Bonchev–Trinajstić information content (AvgIpc) is 2.74. The Bertz CT molecular complexity index is 526. The second kappa shape index (κ2) is 5.01. The molecule has 5 nitrogen and oxygen atoms in total. The second-order valence-electron chi connectivity index (χ2n) is 4.95. The molecule has 0 unspecified atom stereocenters. The maximum absolute atomic E-state index is 12.4. The summed E-state index contributed by atoms with van der Waals surface area (Å²) in [5.41, 5.74) is 2.33. The lowest BCUT2D eigenvalue weighted by Gasteiger charge is -2.22. The highest BCUT2D eigenvalue weighted by molar-refractivity contribution is 5.98. The number of β-amino-alcohol motifs (C(OH)–C–C–N with tert-alkyl or cyclic N) is 1. The molecule has 1 amide bonds. The summed E-state index contributed by atoms with van der Waals surface area (Å²) in [6, 6.07) is 4.42. The molecule has 2 atom stereocenters. The molecule has 0 aromatic heterocycles. The fourth-order valence-electron chi connectivity index (χ4n) is 2.41. The molecule has 2 rings (SSSR count). The SMILES string of the molecule is Cc1cccc(C(=O)N2C[C@@H](O)C[C@H]2C(=O)O)c1C. The molecule has 1 aromatic carbocycles. The lowest BCUT2D eigenvalue weighted by Crippen LogP contribution is -2.40. The molecule has 1 aliphatic heterocycles. The zero-order valence-corrected chi connectivity index (χ0v) is 11.0. The minimum atomic E-state index is -1.07. The van der Waals surface area contributed by atoms with Gasteiger partial charge in [-0.2, -0.15) is 0 Å². The van der Waals surface area contributed by atoms with E-state index in [2.05, 4.69) is 0 Å². The van der Waals surface area contributed by atoms with E-state index in [0.717, 1.165) is 11.1 Å². The molecule has 1 saturated heterocycles. The topological polar surface area (TPSA) is 77.8 Å². The Morgan fingerprint density at radius 3 is 2.63 bits per heavy atom. The number of aliphatic hydroxyl groups is 1. The summed E-state index contributed by atoms with van der Waals surface area (Å²) in [4.78, 5) is 24.8. The van der Waals surface area contributed by atoms with Gasteiger partial charge in [-0.1, -0.05) is 12.1 Å². The van der Waals surface area contributed by atoms with Gasteiger partial charge in [0.2, 0.25) is 0 Å². The molecule has 0 aliphatic carbocycles. The molecule has 1 fully saturated rings. The van der Waals surface area contributed by atoms with Crippen molar-refractivity contribution in [2.45, 2.75) is 32.4 Å². The van der Waals surface area contributed by atoms with Crippen LogP contribution >= 0.6 is 0 Å². The van der Waals surface area contributed by atoms with Crippen LogP contribution in [0.4, 0.5) is 0 Å². The van der Waals surface area contributed by atoms with E-state index in [9.17, 15) is 14.7 Å². The minimum Gasteiger partial charge on any atom is -0.480 e. The van der Waals surface area contributed by atoms with Crippen molar-refractivity contribution in [2.24, 2.45) is 0 Å². The van der Waals surface area contributed by atoms with Crippen LogP contribution in [0.25, 0.3) is 0 Å². The fraction of sp³-hybridized carbons (Fsp3) is 0.429. The van der Waals surface area contributed by atoms with Gasteiger partial charge in [0.25, 0.3) is 5.91 Å². The Morgan fingerprint density at radius 1 is 1.32 bits per heavy atom. The van der Waals surface area contributed by atoms with Crippen LogP contribution in [-0.4, -0.2) is 45.7 Å². The Hall–Kier alpha value is -1.88. The number of carboxylic acids is 1. The maximum Gasteiger partial charge on any atom is 0.326 e. The lowest BCUT2D eigenvalue weighted by molar-refractivity contribution is -0.141. The largest absolute Gasteiger partial charge is 0.480 e. The smallest absolute Gasteiger partial charge is 0.326 e. The number of carboxylic acid groups (broad SMARTS) is 1. The summed E-state index contributed by atoms with van der Waals surface area (Å²) in [6.45, 7) is 3.81. The van der Waals surface area contributed by atoms with Crippen LogP contribution < -0.4 is 0 Å². The van der Waals surface area contributed by atoms with Gasteiger partial charge in [0.05, 0.1) is 6.10 Å². The number of hydrogen-bond acceptors (Lipinski definition) is 3. The van der Waals surface area contributed by atoms with E-state index in [-0.39, 0.29) is 18.9 Å². The number of amides is 1. The molecule has 1 aromatic rings. The number of benzene rings is 1. The summed E-state index contributed by atoms with van der Waals surface area (Å²) in [7, 11) is 0. The van der Waals surface area contributed by atoms with Crippen LogP contribution in [0.5, 0.6) is 0 Å². The van der Waals surface area contributed by atoms with Crippen molar-refractivity contribution in [1.82, 2.24) is 4.90 Å². The third-order valence-corrected chi connectivity index (χ3v) is 3.66. The quantitative estimate of drug-likeness (QED) is 0.833. The lowest BCUT2D eigenvalue weighted by atomic mass is 10.0. The van der Waals surface area contributed by atoms with E-state index in [1.54, 1.807) is 12.1 Å². The van der Waals surface area contributed by atoms with E-state index < -0.39 is 18.1 Å². The monoisotopic (exact) mass is 263 g/mol. The minimum absolute atomic E-state index is 0.0726. The molecule has 2 N–H and O–H groups in total. The molecular formula is C14H17NO4. The Balaban J connectivity index is 2.33. The number of carbonyl (C=O) groups is 2. The molecule has 5 heteroatoms. The van der Waals surface area contributed by atoms with Gasteiger partial charge in [0.1, 0.15) is 6.04 Å². The highest BCUT2D eigenvalue weighted by Crippen LogP contribution is 2.23. The Kier molecular flexibility index (Phi) is 3.57. The van der Waals surface area contributed by atoms with Crippen LogP contribution in [0.15, 0.2) is 18.2 Å². The third kappa shape index (κ3) is 2.46. The van der Waals surface area contributed by atoms with Crippen molar-refractivity contribution < 1.29 is 19.8 Å². The van der Waals surface area contributed by atoms with Crippen molar-refractivity contribution >= 4 is 11.9 Å². The Labute approximate surface area is 111 Å². The molecule has 0 saturated carbocycles. The van der Waals surface area contributed by atoms with E-state index in [4.69, 9.17) is 5.11 Å². The summed E-state index contributed by atoms with van der Waals surface area (Å²) >= 11 is 0. The van der Waals surface area contributed by atoms with Gasteiger partial charge in [0, 0.05) is 18.5 Å². The molecule has 1 aliphatic rings. The zero-order chi connectivity index (χ0) is 14.2. The van der Waals surface area contributed by atoms with E-state index in [1.165, 1.54) is 4.90 Å². The standard InChI is InChI=1S/C14H17NO4/c1-8-4-3-5-11(9(8)2)13(17)15-7-10(16)6-12(15)14(18)19/h3-5,10,12,16H,6-7H2,1-2H3,(H,18,19)/t10-,12-/m0/s1. The highest BCUT2D eigenvalue weighted by atomic mass is 16.4. The van der Waals surface area contributed by atoms with E-state index >= 15 is 0 Å². The van der Waals surface area contributed by atoms with Crippen LogP contribution in [0.3, 0.4) is 0 Å². The second-order valence-corrected chi connectivity index (χ2v) is 4.95. The summed E-state index contributed by atoms with van der Waals surface area (Å²) in [6.07, 6.45) is -0.679. The average molecular weight is 263 g/mol. The first kappa shape index (κ1) is 13.5. The van der Waals surface area contributed by atoms with Crippen molar-refractivity contribution in [1.29, 1.82) is 0 Å². The Morgan fingerprint density at radius 2 is 2.00 bits per heavy atom. The molecule has 0 bridgehead atoms. The van der Waals surface area contributed by atoms with Gasteiger partial charge in [-0.05, 0) is 31.0 Å². The highest BCUT2D eigenvalue weighted by Gasteiger charge is 2.39. The number of carbonyl (C=O) groups excluding carboxylic acids is 1. The molecule has 19 heavy (non-hydrogen) atoms. The number of aryl methyl sites for hydroxylation is 1.